The van der Waals surface area contributed by atoms with E-state index >= 15 is 0 Å². The van der Waals surface area contributed by atoms with Crippen molar-refractivity contribution < 1.29 is 9.53 Å². The highest BCUT2D eigenvalue weighted by atomic mass is 16.5. The number of rotatable bonds is 9. The van der Waals surface area contributed by atoms with E-state index in [4.69, 9.17) is 10.00 Å². The van der Waals surface area contributed by atoms with Gasteiger partial charge >= 0.3 is 0 Å². The first-order chi connectivity index (χ1) is 10.2. The Morgan fingerprint density at radius 3 is 2.71 bits per heavy atom. The number of hydrogen-bond acceptors (Lipinski definition) is 4. The number of nitrogens with one attached hydrogen (secondary N) is 1. The molecule has 0 bridgehead atoms. The highest BCUT2D eigenvalue weighted by Gasteiger charge is 2.05. The van der Waals surface area contributed by atoms with Gasteiger partial charge in [0.05, 0.1) is 19.0 Å². The number of carbonyl (C=O) groups is 1. The molecular weight excluding hydrogens is 266 g/mol. The lowest BCUT2D eigenvalue weighted by Crippen LogP contribution is -2.37. The second kappa shape index (κ2) is 9.78. The summed E-state index contributed by atoms with van der Waals surface area (Å²) in [4.78, 5) is 13.5. The van der Waals surface area contributed by atoms with Gasteiger partial charge in [-0.05, 0) is 31.2 Å². The van der Waals surface area contributed by atoms with Gasteiger partial charge in [0.25, 0.3) is 0 Å². The second-order valence-corrected chi connectivity index (χ2v) is 4.92. The maximum Gasteiger partial charge on any atom is 0.234 e. The fourth-order valence-corrected chi connectivity index (χ4v) is 1.76. The topological polar surface area (TPSA) is 65.4 Å². The summed E-state index contributed by atoms with van der Waals surface area (Å²) in [6, 6.07) is 9.61. The van der Waals surface area contributed by atoms with Gasteiger partial charge in [-0.25, -0.2) is 0 Å². The Labute approximate surface area is 126 Å². The molecule has 1 rings (SSSR count). The zero-order valence-electron chi connectivity index (χ0n) is 12.8. The smallest absolute Gasteiger partial charge is 0.234 e. The lowest BCUT2D eigenvalue weighted by Gasteiger charge is -2.16. The van der Waals surface area contributed by atoms with E-state index in [1.54, 1.807) is 0 Å². The lowest BCUT2D eigenvalue weighted by atomic mass is 10.2. The van der Waals surface area contributed by atoms with Gasteiger partial charge in [-0.2, -0.15) is 5.26 Å². The molecule has 0 aliphatic carbocycles. The third-order valence-corrected chi connectivity index (χ3v) is 2.93. The minimum absolute atomic E-state index is 0.0419. The molecule has 0 unspecified atom stereocenters. The van der Waals surface area contributed by atoms with Crippen molar-refractivity contribution in [2.75, 3.05) is 33.3 Å². The van der Waals surface area contributed by atoms with E-state index in [-0.39, 0.29) is 5.91 Å². The Balaban J connectivity index is 2.23. The molecule has 21 heavy (non-hydrogen) atoms. The van der Waals surface area contributed by atoms with Crippen LogP contribution in [0.25, 0.3) is 0 Å². The molecule has 0 aliphatic heterocycles. The van der Waals surface area contributed by atoms with E-state index in [0.29, 0.717) is 26.1 Å². The average Bonchev–Trinajstić information content (AvgIpc) is 2.47. The molecular formula is C16H23N3O2. The number of likely N-dealkylation sites (N-methyl/N-ethyl adjacent to an activating group) is 1. The summed E-state index contributed by atoms with van der Waals surface area (Å²) in [6.45, 7) is 4.33. The molecule has 0 fully saturated rings. The summed E-state index contributed by atoms with van der Waals surface area (Å²) in [7, 11) is 1.89. The average molecular weight is 289 g/mol. The van der Waals surface area contributed by atoms with Crippen LogP contribution in [0.4, 0.5) is 0 Å². The van der Waals surface area contributed by atoms with Gasteiger partial charge in [0.15, 0.2) is 0 Å². The van der Waals surface area contributed by atoms with Crippen molar-refractivity contribution >= 4 is 5.91 Å². The third-order valence-electron chi connectivity index (χ3n) is 2.93. The van der Waals surface area contributed by atoms with E-state index in [9.17, 15) is 4.79 Å². The fraction of sp³-hybridized carbons (Fsp3) is 0.500. The molecule has 0 saturated carbocycles. The molecule has 5 nitrogen and oxygen atoms in total. The molecule has 0 heterocycles. The predicted octanol–water partition coefficient (Wildman–Crippen LogP) is 1.59. The van der Waals surface area contributed by atoms with Crippen molar-refractivity contribution in [2.45, 2.75) is 19.8 Å². The van der Waals surface area contributed by atoms with Crippen LogP contribution in [0.15, 0.2) is 24.3 Å². The first-order valence-electron chi connectivity index (χ1n) is 7.19. The molecule has 0 saturated heterocycles. The van der Waals surface area contributed by atoms with E-state index in [0.717, 1.165) is 24.3 Å². The number of benzene rings is 1. The zero-order valence-corrected chi connectivity index (χ0v) is 12.8. The van der Waals surface area contributed by atoms with E-state index in [2.05, 4.69) is 11.4 Å². The molecule has 1 N–H and O–H groups in total. The zero-order chi connectivity index (χ0) is 15.5. The van der Waals surface area contributed by atoms with Gasteiger partial charge in [-0.3, -0.25) is 9.69 Å². The quantitative estimate of drug-likeness (QED) is 0.750. The minimum atomic E-state index is 0.0419. The van der Waals surface area contributed by atoms with Crippen LogP contribution in [0.3, 0.4) is 0 Å². The molecule has 0 spiro atoms. The lowest BCUT2D eigenvalue weighted by molar-refractivity contribution is -0.122. The largest absolute Gasteiger partial charge is 0.492 e. The van der Waals surface area contributed by atoms with Crippen molar-refractivity contribution in [2.24, 2.45) is 0 Å². The highest BCUT2D eigenvalue weighted by Crippen LogP contribution is 2.12. The summed E-state index contributed by atoms with van der Waals surface area (Å²) in [5.41, 5.74) is 0.981. The van der Waals surface area contributed by atoms with Gasteiger partial charge in [0, 0.05) is 13.1 Å². The Morgan fingerprint density at radius 1 is 1.38 bits per heavy atom. The minimum Gasteiger partial charge on any atom is -0.492 e. The second-order valence-electron chi connectivity index (χ2n) is 4.92. The molecule has 0 aliphatic rings. The Hall–Kier alpha value is -2.06. The van der Waals surface area contributed by atoms with E-state index < -0.39 is 0 Å². The molecule has 1 amide bonds. The normalized spacial score (nSPS) is 10.2. The Bertz CT molecular complexity index is 465. The summed E-state index contributed by atoms with van der Waals surface area (Å²) >= 11 is 0. The maximum atomic E-state index is 11.5. The van der Waals surface area contributed by atoms with Gasteiger partial charge in [-0.15, -0.1) is 0 Å². The monoisotopic (exact) mass is 289 g/mol. The summed E-state index contributed by atoms with van der Waals surface area (Å²) < 4.78 is 5.62. The standard InChI is InChI=1S/C16H23N3O2/c1-3-10-18-16(20)13-19(2)11-12-21-15-6-4-14(5-7-15)8-9-17/h4-7H,3,8,10-13H2,1-2H3,(H,18,20). The van der Waals surface area contributed by atoms with Crippen LogP contribution in [0.2, 0.25) is 0 Å². The van der Waals surface area contributed by atoms with Crippen LogP contribution in [-0.2, 0) is 11.2 Å². The van der Waals surface area contributed by atoms with Crippen LogP contribution in [-0.4, -0.2) is 44.1 Å². The van der Waals surface area contributed by atoms with Crippen molar-refractivity contribution in [3.05, 3.63) is 29.8 Å². The first-order valence-corrected chi connectivity index (χ1v) is 7.19. The molecule has 0 atom stereocenters. The van der Waals surface area contributed by atoms with Crippen LogP contribution < -0.4 is 10.1 Å². The van der Waals surface area contributed by atoms with Crippen LogP contribution in [0.1, 0.15) is 18.9 Å². The number of hydrogen-bond donors (Lipinski definition) is 1. The van der Waals surface area contributed by atoms with Crippen molar-refractivity contribution in [3.63, 3.8) is 0 Å². The molecule has 1 aromatic rings. The highest BCUT2D eigenvalue weighted by molar-refractivity contribution is 5.77. The van der Waals surface area contributed by atoms with Crippen LogP contribution in [0.5, 0.6) is 5.75 Å². The molecule has 0 radical (unpaired) electrons. The van der Waals surface area contributed by atoms with E-state index in [1.807, 2.05) is 43.1 Å². The fourth-order valence-electron chi connectivity index (χ4n) is 1.76. The summed E-state index contributed by atoms with van der Waals surface area (Å²) in [6.07, 6.45) is 1.36. The van der Waals surface area contributed by atoms with Gasteiger partial charge in [0.1, 0.15) is 12.4 Å². The number of nitriles is 1. The third kappa shape index (κ3) is 7.33. The SMILES string of the molecule is CCCNC(=O)CN(C)CCOc1ccc(CC#N)cc1. The number of nitrogens with zero attached hydrogens (tertiary/aromatic N) is 2. The Kier molecular flexibility index (Phi) is 7.92. The van der Waals surface area contributed by atoms with Crippen molar-refractivity contribution in [1.29, 1.82) is 5.26 Å². The van der Waals surface area contributed by atoms with E-state index in [1.165, 1.54) is 0 Å². The Morgan fingerprint density at radius 2 is 2.10 bits per heavy atom. The van der Waals surface area contributed by atoms with Crippen molar-refractivity contribution in [3.8, 4) is 11.8 Å². The molecule has 0 aromatic heterocycles. The van der Waals surface area contributed by atoms with Gasteiger partial charge in [-0.1, -0.05) is 19.1 Å². The summed E-state index contributed by atoms with van der Waals surface area (Å²) in [5.74, 6) is 0.820. The number of carbonyl (C=O) groups excluding carboxylic acids is 1. The maximum absolute atomic E-state index is 11.5. The molecule has 1 aromatic carbocycles. The van der Waals surface area contributed by atoms with Crippen LogP contribution in [0, 0.1) is 11.3 Å². The first kappa shape index (κ1) is 17.0. The van der Waals surface area contributed by atoms with Gasteiger partial charge < -0.3 is 10.1 Å². The summed E-state index contributed by atoms with van der Waals surface area (Å²) in [5, 5.41) is 11.4. The predicted molar refractivity (Wildman–Crippen MR) is 82.1 cm³/mol. The number of amides is 1. The number of ether oxygens (including phenoxy) is 1. The van der Waals surface area contributed by atoms with Crippen molar-refractivity contribution in [1.82, 2.24) is 10.2 Å². The molecule has 114 valence electrons. The van der Waals surface area contributed by atoms with Gasteiger partial charge in [0.2, 0.25) is 5.91 Å². The molecule has 5 heteroatoms. The van der Waals surface area contributed by atoms with Crippen LogP contribution >= 0.6 is 0 Å².